The van der Waals surface area contributed by atoms with Gasteiger partial charge in [0, 0.05) is 0 Å². The Balaban J connectivity index is 2.43. The zero-order chi connectivity index (χ0) is 13.3. The Labute approximate surface area is 103 Å². The van der Waals surface area contributed by atoms with Gasteiger partial charge in [-0.05, 0) is 24.7 Å². The number of likely N-dealkylation sites (N-methyl/N-ethyl adjacent to an activating group) is 1. The molecule has 1 unspecified atom stereocenters. The standard InChI is InChI=1S/C12H13F2NO3/c1-15-10(11(16)17)12(5-18-6-12)7-2-3-8(13)9(14)4-7/h2-4,10,15H,5-6H2,1H3,(H,16,17). The number of rotatable bonds is 4. The second-order valence-electron chi connectivity index (χ2n) is 4.34. The molecule has 0 bridgehead atoms. The SMILES string of the molecule is CNC(C(=O)O)C1(c2ccc(F)c(F)c2)COC1. The summed E-state index contributed by atoms with van der Waals surface area (Å²) in [7, 11) is 1.51. The van der Waals surface area contributed by atoms with Gasteiger partial charge in [-0.1, -0.05) is 6.07 Å². The summed E-state index contributed by atoms with van der Waals surface area (Å²) in [5.41, 5.74) is -0.427. The van der Waals surface area contributed by atoms with E-state index in [0.717, 1.165) is 12.1 Å². The highest BCUT2D eigenvalue weighted by molar-refractivity contribution is 5.76. The Morgan fingerprint density at radius 1 is 1.44 bits per heavy atom. The predicted octanol–water partition coefficient (Wildman–Crippen LogP) is 0.905. The molecule has 1 aromatic carbocycles. The molecular weight excluding hydrogens is 244 g/mol. The van der Waals surface area contributed by atoms with Crippen molar-refractivity contribution in [2.75, 3.05) is 20.3 Å². The quantitative estimate of drug-likeness (QED) is 0.841. The first-order chi connectivity index (χ1) is 8.51. The lowest BCUT2D eigenvalue weighted by atomic mass is 9.72. The van der Waals surface area contributed by atoms with E-state index in [4.69, 9.17) is 4.74 Å². The van der Waals surface area contributed by atoms with Crippen molar-refractivity contribution in [2.24, 2.45) is 0 Å². The normalized spacial score (nSPS) is 19.1. The summed E-state index contributed by atoms with van der Waals surface area (Å²) in [5.74, 6) is -2.99. The minimum Gasteiger partial charge on any atom is -0.480 e. The van der Waals surface area contributed by atoms with E-state index >= 15 is 0 Å². The number of ether oxygens (including phenoxy) is 1. The van der Waals surface area contributed by atoms with Crippen LogP contribution in [0.4, 0.5) is 8.78 Å². The Bertz CT molecular complexity index is 474. The number of carboxylic acids is 1. The number of carbonyl (C=O) groups is 1. The number of hydrogen-bond acceptors (Lipinski definition) is 3. The van der Waals surface area contributed by atoms with Crippen LogP contribution in [0, 0.1) is 11.6 Å². The van der Waals surface area contributed by atoms with Crippen LogP contribution in [0.1, 0.15) is 5.56 Å². The second-order valence-corrected chi connectivity index (χ2v) is 4.34. The van der Waals surface area contributed by atoms with E-state index in [1.165, 1.54) is 13.1 Å². The molecule has 1 saturated heterocycles. The molecule has 1 aliphatic rings. The molecule has 0 aromatic heterocycles. The average molecular weight is 257 g/mol. The molecule has 18 heavy (non-hydrogen) atoms. The van der Waals surface area contributed by atoms with Gasteiger partial charge in [-0.3, -0.25) is 4.79 Å². The van der Waals surface area contributed by atoms with E-state index in [-0.39, 0.29) is 13.2 Å². The smallest absolute Gasteiger partial charge is 0.321 e. The van der Waals surface area contributed by atoms with Crippen molar-refractivity contribution in [3.8, 4) is 0 Å². The zero-order valence-electron chi connectivity index (χ0n) is 9.74. The van der Waals surface area contributed by atoms with E-state index in [2.05, 4.69) is 5.32 Å². The van der Waals surface area contributed by atoms with E-state index in [9.17, 15) is 18.7 Å². The fourth-order valence-electron chi connectivity index (χ4n) is 2.26. The van der Waals surface area contributed by atoms with Crippen LogP contribution in [0.2, 0.25) is 0 Å². The molecule has 1 heterocycles. The molecule has 1 aliphatic heterocycles. The molecule has 6 heteroatoms. The fourth-order valence-corrected chi connectivity index (χ4v) is 2.26. The molecule has 0 radical (unpaired) electrons. The summed E-state index contributed by atoms with van der Waals surface area (Å²) in [6.45, 7) is 0.325. The van der Waals surface area contributed by atoms with Gasteiger partial charge in [0.25, 0.3) is 0 Å². The van der Waals surface area contributed by atoms with E-state index in [0.29, 0.717) is 5.56 Å². The second kappa shape index (κ2) is 4.62. The Kier molecular flexibility index (Phi) is 3.32. The van der Waals surface area contributed by atoms with Crippen molar-refractivity contribution in [3.63, 3.8) is 0 Å². The molecule has 4 nitrogen and oxygen atoms in total. The summed E-state index contributed by atoms with van der Waals surface area (Å²) in [6, 6.07) is 2.52. The lowest BCUT2D eigenvalue weighted by Crippen LogP contribution is -2.62. The molecule has 1 fully saturated rings. The van der Waals surface area contributed by atoms with Crippen molar-refractivity contribution in [1.82, 2.24) is 5.32 Å². The summed E-state index contributed by atoms with van der Waals surface area (Å²) >= 11 is 0. The van der Waals surface area contributed by atoms with Crippen LogP contribution in [0.15, 0.2) is 18.2 Å². The minimum atomic E-state index is -1.05. The Morgan fingerprint density at radius 3 is 2.50 bits per heavy atom. The number of hydrogen-bond donors (Lipinski definition) is 2. The van der Waals surface area contributed by atoms with Gasteiger partial charge in [0.15, 0.2) is 11.6 Å². The van der Waals surface area contributed by atoms with E-state index in [1.807, 2.05) is 0 Å². The largest absolute Gasteiger partial charge is 0.480 e. The third kappa shape index (κ3) is 1.87. The van der Waals surface area contributed by atoms with Gasteiger partial charge in [0.05, 0.1) is 18.6 Å². The van der Waals surface area contributed by atoms with Gasteiger partial charge in [-0.25, -0.2) is 8.78 Å². The van der Waals surface area contributed by atoms with Crippen molar-refractivity contribution in [1.29, 1.82) is 0 Å². The van der Waals surface area contributed by atoms with Crippen molar-refractivity contribution in [2.45, 2.75) is 11.5 Å². The Hall–Kier alpha value is -1.53. The van der Waals surface area contributed by atoms with Crippen LogP contribution in [0.3, 0.4) is 0 Å². The number of aliphatic carboxylic acids is 1. The average Bonchev–Trinajstić information content (AvgIpc) is 2.26. The molecule has 0 aliphatic carbocycles. The van der Waals surface area contributed by atoms with E-state index in [1.54, 1.807) is 0 Å². The first kappa shape index (κ1) is 12.9. The fraction of sp³-hybridized carbons (Fsp3) is 0.417. The highest BCUT2D eigenvalue weighted by atomic mass is 19.2. The summed E-state index contributed by atoms with van der Waals surface area (Å²) in [5, 5.41) is 11.9. The van der Waals surface area contributed by atoms with Crippen LogP contribution in [0.25, 0.3) is 0 Å². The van der Waals surface area contributed by atoms with Gasteiger partial charge in [0.1, 0.15) is 6.04 Å². The van der Waals surface area contributed by atoms with Crippen LogP contribution < -0.4 is 5.32 Å². The van der Waals surface area contributed by atoms with Gasteiger partial charge >= 0.3 is 5.97 Å². The highest BCUT2D eigenvalue weighted by Crippen LogP contribution is 2.36. The van der Waals surface area contributed by atoms with Gasteiger partial charge < -0.3 is 15.2 Å². The summed E-state index contributed by atoms with van der Waals surface area (Å²) in [4.78, 5) is 11.2. The lowest BCUT2D eigenvalue weighted by Gasteiger charge is -2.45. The number of benzene rings is 1. The van der Waals surface area contributed by atoms with Crippen LogP contribution in [-0.4, -0.2) is 37.4 Å². The maximum Gasteiger partial charge on any atom is 0.321 e. The van der Waals surface area contributed by atoms with Crippen molar-refractivity contribution >= 4 is 5.97 Å². The highest BCUT2D eigenvalue weighted by Gasteiger charge is 2.50. The first-order valence-electron chi connectivity index (χ1n) is 5.44. The topological polar surface area (TPSA) is 58.6 Å². The van der Waals surface area contributed by atoms with Crippen molar-refractivity contribution < 1.29 is 23.4 Å². The minimum absolute atomic E-state index is 0.163. The predicted molar refractivity (Wildman–Crippen MR) is 59.3 cm³/mol. The molecule has 1 aromatic rings. The molecular formula is C12H13F2NO3. The van der Waals surface area contributed by atoms with Gasteiger partial charge in [0.2, 0.25) is 0 Å². The molecule has 2 N–H and O–H groups in total. The van der Waals surface area contributed by atoms with Gasteiger partial charge in [-0.2, -0.15) is 0 Å². The van der Waals surface area contributed by atoms with E-state index < -0.39 is 29.1 Å². The molecule has 1 atom stereocenters. The molecule has 2 rings (SSSR count). The number of halogens is 2. The molecule has 98 valence electrons. The number of carboxylic acid groups (broad SMARTS) is 1. The maximum absolute atomic E-state index is 13.3. The summed E-state index contributed by atoms with van der Waals surface area (Å²) < 4.78 is 31.2. The van der Waals surface area contributed by atoms with Gasteiger partial charge in [-0.15, -0.1) is 0 Å². The third-order valence-electron chi connectivity index (χ3n) is 3.30. The third-order valence-corrected chi connectivity index (χ3v) is 3.30. The molecule has 0 saturated carbocycles. The zero-order valence-corrected chi connectivity index (χ0v) is 9.74. The monoisotopic (exact) mass is 257 g/mol. The van der Waals surface area contributed by atoms with Crippen LogP contribution >= 0.6 is 0 Å². The maximum atomic E-state index is 13.3. The first-order valence-corrected chi connectivity index (χ1v) is 5.44. The van der Waals surface area contributed by atoms with Crippen LogP contribution in [0.5, 0.6) is 0 Å². The van der Waals surface area contributed by atoms with Crippen LogP contribution in [-0.2, 0) is 14.9 Å². The molecule has 0 amide bonds. The number of nitrogens with one attached hydrogen (secondary N) is 1. The van der Waals surface area contributed by atoms with Crippen molar-refractivity contribution in [3.05, 3.63) is 35.4 Å². The Morgan fingerprint density at radius 2 is 2.11 bits per heavy atom. The lowest BCUT2D eigenvalue weighted by molar-refractivity contribution is -0.150. The molecule has 0 spiro atoms. The summed E-state index contributed by atoms with van der Waals surface area (Å²) in [6.07, 6.45) is 0.